The maximum absolute atomic E-state index is 10.9. The first-order chi connectivity index (χ1) is 6.16. The Hall–Kier alpha value is -1.29. The van der Waals surface area contributed by atoms with Crippen LogP contribution in [0.3, 0.4) is 0 Å². The fourth-order valence-corrected chi connectivity index (χ4v) is 1.10. The standard InChI is InChI=1S/C8H9ClN2O2/c1-2-13-7-5(8(10)12)3-11-4-6(7)9/h3-4H,2H2,1H3,(H2,10,12). The van der Waals surface area contributed by atoms with Crippen LogP contribution in [0.1, 0.15) is 17.3 Å². The molecule has 4 nitrogen and oxygen atoms in total. The number of primary amides is 1. The molecule has 0 fully saturated rings. The normalized spacial score (nSPS) is 9.69. The van der Waals surface area contributed by atoms with Crippen molar-refractivity contribution >= 4 is 17.5 Å². The minimum Gasteiger partial charge on any atom is -0.491 e. The van der Waals surface area contributed by atoms with Gasteiger partial charge in [-0.1, -0.05) is 11.6 Å². The predicted molar refractivity (Wildman–Crippen MR) is 48.9 cm³/mol. The van der Waals surface area contributed by atoms with Crippen LogP contribution in [0, 0.1) is 0 Å². The van der Waals surface area contributed by atoms with Crippen molar-refractivity contribution in [2.45, 2.75) is 6.92 Å². The van der Waals surface area contributed by atoms with Crippen LogP contribution in [0.25, 0.3) is 0 Å². The molecule has 1 heterocycles. The lowest BCUT2D eigenvalue weighted by atomic mass is 10.2. The van der Waals surface area contributed by atoms with Crippen LogP contribution in [0.2, 0.25) is 5.02 Å². The second-order valence-electron chi connectivity index (χ2n) is 2.30. The zero-order chi connectivity index (χ0) is 9.84. The summed E-state index contributed by atoms with van der Waals surface area (Å²) in [6.07, 6.45) is 2.73. The van der Waals surface area contributed by atoms with Gasteiger partial charge < -0.3 is 10.5 Å². The van der Waals surface area contributed by atoms with Crippen LogP contribution in [-0.4, -0.2) is 17.5 Å². The van der Waals surface area contributed by atoms with Gasteiger partial charge in [0.05, 0.1) is 6.61 Å². The average molecular weight is 201 g/mol. The minimum atomic E-state index is -0.599. The third kappa shape index (κ3) is 2.09. The van der Waals surface area contributed by atoms with Crippen LogP contribution >= 0.6 is 11.6 Å². The summed E-state index contributed by atoms with van der Waals surface area (Å²) >= 11 is 5.76. The molecule has 1 aromatic heterocycles. The Kier molecular flexibility index (Phi) is 3.08. The molecule has 70 valence electrons. The number of nitrogens with zero attached hydrogens (tertiary/aromatic N) is 1. The molecule has 0 radical (unpaired) electrons. The van der Waals surface area contributed by atoms with Crippen molar-refractivity contribution in [3.63, 3.8) is 0 Å². The Morgan fingerprint density at radius 2 is 2.38 bits per heavy atom. The molecular formula is C8H9ClN2O2. The van der Waals surface area contributed by atoms with E-state index in [0.717, 1.165) is 0 Å². The second kappa shape index (κ2) is 4.09. The van der Waals surface area contributed by atoms with Crippen LogP contribution in [-0.2, 0) is 0 Å². The molecule has 0 bridgehead atoms. The highest BCUT2D eigenvalue weighted by atomic mass is 35.5. The molecule has 2 N–H and O–H groups in total. The van der Waals surface area contributed by atoms with Crippen molar-refractivity contribution in [3.8, 4) is 5.75 Å². The molecule has 0 aromatic carbocycles. The quantitative estimate of drug-likeness (QED) is 0.798. The third-order valence-corrected chi connectivity index (χ3v) is 1.68. The van der Waals surface area contributed by atoms with Crippen molar-refractivity contribution in [2.75, 3.05) is 6.61 Å². The number of hydrogen-bond donors (Lipinski definition) is 1. The monoisotopic (exact) mass is 200 g/mol. The van der Waals surface area contributed by atoms with Crippen LogP contribution in [0.4, 0.5) is 0 Å². The van der Waals surface area contributed by atoms with Gasteiger partial charge in [-0.15, -0.1) is 0 Å². The largest absolute Gasteiger partial charge is 0.491 e. The number of aromatic nitrogens is 1. The smallest absolute Gasteiger partial charge is 0.254 e. The summed E-state index contributed by atoms with van der Waals surface area (Å²) in [6.45, 7) is 2.21. The third-order valence-electron chi connectivity index (χ3n) is 1.41. The molecule has 0 atom stereocenters. The van der Waals surface area contributed by atoms with E-state index in [4.69, 9.17) is 22.1 Å². The fraction of sp³-hybridized carbons (Fsp3) is 0.250. The summed E-state index contributed by atoms with van der Waals surface area (Å²) in [7, 11) is 0. The van der Waals surface area contributed by atoms with Crippen molar-refractivity contribution in [1.82, 2.24) is 4.98 Å². The first-order valence-corrected chi connectivity index (χ1v) is 4.10. The first-order valence-electron chi connectivity index (χ1n) is 3.73. The topological polar surface area (TPSA) is 65.2 Å². The van der Waals surface area contributed by atoms with E-state index < -0.39 is 5.91 Å². The highest BCUT2D eigenvalue weighted by Gasteiger charge is 2.12. The summed E-state index contributed by atoms with van der Waals surface area (Å²) in [5.74, 6) is -0.301. The first kappa shape index (κ1) is 9.80. The summed E-state index contributed by atoms with van der Waals surface area (Å²) in [5.41, 5.74) is 5.30. The maximum Gasteiger partial charge on any atom is 0.254 e. The Labute approximate surface area is 80.7 Å². The summed E-state index contributed by atoms with van der Waals surface area (Å²) in [5, 5.41) is 0.290. The fourth-order valence-electron chi connectivity index (χ4n) is 0.890. The number of carbonyl (C=O) groups is 1. The maximum atomic E-state index is 10.9. The summed E-state index contributed by atoms with van der Waals surface area (Å²) in [4.78, 5) is 14.6. The molecule has 13 heavy (non-hydrogen) atoms. The lowest BCUT2D eigenvalue weighted by Gasteiger charge is -2.07. The number of carbonyl (C=O) groups excluding carboxylic acids is 1. The lowest BCUT2D eigenvalue weighted by molar-refractivity contribution is 0.0996. The van der Waals surface area contributed by atoms with Gasteiger partial charge in [0.1, 0.15) is 10.6 Å². The zero-order valence-corrected chi connectivity index (χ0v) is 7.84. The lowest BCUT2D eigenvalue weighted by Crippen LogP contribution is -2.13. The molecular weight excluding hydrogens is 192 g/mol. The Balaban J connectivity index is 3.17. The molecule has 0 aliphatic rings. The number of halogens is 1. The molecule has 0 aliphatic carbocycles. The van der Waals surface area contributed by atoms with Crippen LogP contribution in [0.15, 0.2) is 12.4 Å². The van der Waals surface area contributed by atoms with Gasteiger partial charge in [0.25, 0.3) is 5.91 Å². The molecule has 0 unspecified atom stereocenters. The van der Waals surface area contributed by atoms with Gasteiger partial charge >= 0.3 is 0 Å². The molecule has 1 amide bonds. The Morgan fingerprint density at radius 1 is 1.69 bits per heavy atom. The average Bonchev–Trinajstić information content (AvgIpc) is 2.08. The van der Waals surface area contributed by atoms with Gasteiger partial charge in [0, 0.05) is 12.4 Å². The second-order valence-corrected chi connectivity index (χ2v) is 2.70. The van der Waals surface area contributed by atoms with Gasteiger partial charge in [-0.25, -0.2) is 0 Å². The van der Waals surface area contributed by atoms with Gasteiger partial charge in [-0.3, -0.25) is 9.78 Å². The Morgan fingerprint density at radius 3 is 2.92 bits per heavy atom. The number of pyridine rings is 1. The highest BCUT2D eigenvalue weighted by molar-refractivity contribution is 6.32. The number of amides is 1. The van der Waals surface area contributed by atoms with Gasteiger partial charge in [0.2, 0.25) is 0 Å². The van der Waals surface area contributed by atoms with E-state index >= 15 is 0 Å². The van der Waals surface area contributed by atoms with E-state index in [1.807, 2.05) is 0 Å². The number of rotatable bonds is 3. The molecule has 1 rings (SSSR count). The number of ether oxygens (including phenoxy) is 1. The van der Waals surface area contributed by atoms with Crippen LogP contribution in [0.5, 0.6) is 5.75 Å². The molecule has 5 heteroatoms. The Bertz CT molecular complexity index is 328. The molecule has 1 aromatic rings. The SMILES string of the molecule is CCOc1c(Cl)cncc1C(N)=O. The van der Waals surface area contributed by atoms with Gasteiger partial charge in [-0.2, -0.15) is 0 Å². The van der Waals surface area contributed by atoms with Crippen molar-refractivity contribution in [2.24, 2.45) is 5.73 Å². The molecule has 0 spiro atoms. The van der Waals surface area contributed by atoms with Crippen molar-refractivity contribution < 1.29 is 9.53 Å². The predicted octanol–water partition coefficient (Wildman–Crippen LogP) is 1.23. The van der Waals surface area contributed by atoms with E-state index in [1.165, 1.54) is 12.4 Å². The molecule has 0 saturated heterocycles. The number of hydrogen-bond acceptors (Lipinski definition) is 3. The van der Waals surface area contributed by atoms with E-state index in [-0.39, 0.29) is 10.6 Å². The minimum absolute atomic E-state index is 0.203. The van der Waals surface area contributed by atoms with Crippen LogP contribution < -0.4 is 10.5 Å². The van der Waals surface area contributed by atoms with E-state index in [1.54, 1.807) is 6.92 Å². The molecule has 0 saturated carbocycles. The number of nitrogens with two attached hydrogens (primary N) is 1. The molecule has 0 aliphatic heterocycles. The van der Waals surface area contributed by atoms with Gasteiger partial charge in [0.15, 0.2) is 5.75 Å². The summed E-state index contributed by atoms with van der Waals surface area (Å²) < 4.78 is 5.16. The van der Waals surface area contributed by atoms with E-state index in [9.17, 15) is 4.79 Å². The van der Waals surface area contributed by atoms with Crippen molar-refractivity contribution in [1.29, 1.82) is 0 Å². The van der Waals surface area contributed by atoms with Gasteiger partial charge in [-0.05, 0) is 6.92 Å². The zero-order valence-electron chi connectivity index (χ0n) is 7.08. The highest BCUT2D eigenvalue weighted by Crippen LogP contribution is 2.26. The summed E-state index contributed by atoms with van der Waals surface area (Å²) in [6, 6.07) is 0. The van der Waals surface area contributed by atoms with E-state index in [2.05, 4.69) is 4.98 Å². The van der Waals surface area contributed by atoms with Crippen molar-refractivity contribution in [3.05, 3.63) is 23.0 Å². The van der Waals surface area contributed by atoms with E-state index in [0.29, 0.717) is 12.4 Å².